The number of nitrogens with one attached hydrogen (secondary N) is 2. The van der Waals surface area contributed by atoms with Crippen molar-refractivity contribution < 1.29 is 14.3 Å². The number of halogens is 1. The zero-order valence-corrected chi connectivity index (χ0v) is 20.2. The molecule has 3 aromatic carbocycles. The van der Waals surface area contributed by atoms with Gasteiger partial charge in [0, 0.05) is 17.6 Å². The number of pyridine rings is 1. The van der Waals surface area contributed by atoms with Gasteiger partial charge < -0.3 is 20.1 Å². The van der Waals surface area contributed by atoms with E-state index in [1.54, 1.807) is 19.2 Å². The summed E-state index contributed by atoms with van der Waals surface area (Å²) >= 11 is 3.45. The first-order valence-corrected chi connectivity index (χ1v) is 11.5. The van der Waals surface area contributed by atoms with Crippen LogP contribution in [0.2, 0.25) is 0 Å². The van der Waals surface area contributed by atoms with Crippen LogP contribution in [0, 0.1) is 0 Å². The Kier molecular flexibility index (Phi) is 7.78. The largest absolute Gasteiger partial charge is 0.473 e. The Bertz CT molecular complexity index is 1250. The molecule has 1 heterocycles. The number of benzene rings is 3. The number of hydrogen-bond acceptors (Lipinski definition) is 5. The molecule has 34 heavy (non-hydrogen) atoms. The molecule has 0 fully saturated rings. The number of rotatable bonds is 9. The molecule has 172 valence electrons. The van der Waals surface area contributed by atoms with Crippen LogP contribution in [0.5, 0.6) is 11.8 Å². The van der Waals surface area contributed by atoms with Crippen LogP contribution in [0.25, 0.3) is 0 Å². The monoisotopic (exact) mass is 517 g/mol. The van der Waals surface area contributed by atoms with E-state index in [9.17, 15) is 4.79 Å². The second-order valence-electron chi connectivity index (χ2n) is 7.44. The van der Waals surface area contributed by atoms with Gasteiger partial charge in [-0.25, -0.2) is 0 Å². The smallest absolute Gasteiger partial charge is 0.261 e. The van der Waals surface area contributed by atoms with Crippen molar-refractivity contribution in [2.75, 3.05) is 17.7 Å². The summed E-state index contributed by atoms with van der Waals surface area (Å²) in [4.78, 5) is 17.7. The van der Waals surface area contributed by atoms with Gasteiger partial charge in [-0.15, -0.1) is 0 Å². The molecule has 1 aromatic heterocycles. The van der Waals surface area contributed by atoms with Crippen LogP contribution in [-0.4, -0.2) is 17.9 Å². The van der Waals surface area contributed by atoms with E-state index in [1.165, 1.54) is 0 Å². The van der Waals surface area contributed by atoms with Gasteiger partial charge in [-0.2, -0.15) is 4.98 Å². The van der Waals surface area contributed by atoms with Crippen molar-refractivity contribution in [3.8, 4) is 11.8 Å². The molecule has 4 rings (SSSR count). The fourth-order valence-corrected chi connectivity index (χ4v) is 3.63. The number of carbonyl (C=O) groups is 1. The van der Waals surface area contributed by atoms with Crippen molar-refractivity contribution in [1.82, 2.24) is 4.98 Å². The second-order valence-corrected chi connectivity index (χ2v) is 8.36. The number of hydrogen-bond donors (Lipinski definition) is 2. The van der Waals surface area contributed by atoms with E-state index in [0.717, 1.165) is 21.3 Å². The molecule has 0 saturated heterocycles. The van der Waals surface area contributed by atoms with Crippen molar-refractivity contribution in [2.45, 2.75) is 13.2 Å². The number of ether oxygens (including phenoxy) is 2. The molecule has 0 saturated carbocycles. The van der Waals surface area contributed by atoms with E-state index in [4.69, 9.17) is 9.47 Å². The van der Waals surface area contributed by atoms with E-state index < -0.39 is 0 Å². The molecule has 4 aromatic rings. The van der Waals surface area contributed by atoms with Crippen molar-refractivity contribution in [2.24, 2.45) is 0 Å². The molecule has 0 atom stereocenters. The summed E-state index contributed by atoms with van der Waals surface area (Å²) in [6.07, 6.45) is 0. The maximum absolute atomic E-state index is 13.2. The molecule has 0 aliphatic heterocycles. The lowest BCUT2D eigenvalue weighted by atomic mass is 10.2. The molecule has 2 N–H and O–H groups in total. The first-order valence-electron chi connectivity index (χ1n) is 10.8. The predicted octanol–water partition coefficient (Wildman–Crippen LogP) is 6.30. The summed E-state index contributed by atoms with van der Waals surface area (Å²) in [5.41, 5.74) is 3.73. The lowest BCUT2D eigenvalue weighted by Gasteiger charge is -2.15. The highest BCUT2D eigenvalue weighted by Crippen LogP contribution is 2.28. The highest BCUT2D eigenvalue weighted by Gasteiger charge is 2.18. The van der Waals surface area contributed by atoms with Gasteiger partial charge in [0.1, 0.15) is 18.8 Å². The van der Waals surface area contributed by atoms with Crippen LogP contribution < -0.4 is 20.1 Å². The van der Waals surface area contributed by atoms with Crippen molar-refractivity contribution in [3.63, 3.8) is 0 Å². The van der Waals surface area contributed by atoms with Crippen molar-refractivity contribution in [1.29, 1.82) is 0 Å². The van der Waals surface area contributed by atoms with Crippen LogP contribution in [0.3, 0.4) is 0 Å². The predicted molar refractivity (Wildman–Crippen MR) is 137 cm³/mol. The standard InChI is InChI=1S/C27H24BrN3O3/c1-29-24-16-21(28)12-14-23(24)30-26(32)22-13-15-25(33-17-19-8-4-2-5-9-19)31-27(22)34-18-20-10-6-3-7-11-20/h2-16,29H,17-18H2,1H3,(H,30,32). The zero-order valence-electron chi connectivity index (χ0n) is 18.6. The number of aromatic nitrogens is 1. The number of carbonyl (C=O) groups excluding carboxylic acids is 1. The van der Waals surface area contributed by atoms with Crippen molar-refractivity contribution >= 4 is 33.2 Å². The minimum Gasteiger partial charge on any atom is -0.473 e. The van der Waals surface area contributed by atoms with Gasteiger partial charge in [0.15, 0.2) is 0 Å². The fraction of sp³-hybridized carbons (Fsp3) is 0.111. The molecule has 0 spiro atoms. The minimum absolute atomic E-state index is 0.204. The summed E-state index contributed by atoms with van der Waals surface area (Å²) in [6, 6.07) is 28.5. The molecule has 0 unspecified atom stereocenters. The molecule has 0 aliphatic rings. The van der Waals surface area contributed by atoms with Crippen LogP contribution in [0.4, 0.5) is 11.4 Å². The van der Waals surface area contributed by atoms with Gasteiger partial charge in [0.05, 0.1) is 11.4 Å². The van der Waals surface area contributed by atoms with Gasteiger partial charge in [0.2, 0.25) is 11.8 Å². The molecule has 1 amide bonds. The average molecular weight is 518 g/mol. The van der Waals surface area contributed by atoms with E-state index in [-0.39, 0.29) is 18.4 Å². The molecular formula is C27H24BrN3O3. The first-order chi connectivity index (χ1) is 16.6. The average Bonchev–Trinajstić information content (AvgIpc) is 2.88. The second kappa shape index (κ2) is 11.3. The van der Waals surface area contributed by atoms with Crippen LogP contribution >= 0.6 is 15.9 Å². The van der Waals surface area contributed by atoms with Gasteiger partial charge in [-0.3, -0.25) is 4.79 Å². The first kappa shape index (κ1) is 23.3. The highest BCUT2D eigenvalue weighted by molar-refractivity contribution is 9.10. The molecule has 6 nitrogen and oxygen atoms in total. The Morgan fingerprint density at radius 1 is 0.824 bits per heavy atom. The Balaban J connectivity index is 1.57. The van der Waals surface area contributed by atoms with E-state index in [0.29, 0.717) is 23.7 Å². The third kappa shape index (κ3) is 6.14. The van der Waals surface area contributed by atoms with E-state index in [2.05, 4.69) is 31.5 Å². The zero-order chi connectivity index (χ0) is 23.8. The lowest BCUT2D eigenvalue weighted by molar-refractivity contribution is 0.102. The molecule has 0 bridgehead atoms. The summed E-state index contributed by atoms with van der Waals surface area (Å²) in [7, 11) is 1.80. The fourth-order valence-electron chi connectivity index (χ4n) is 3.27. The van der Waals surface area contributed by atoms with Crippen molar-refractivity contribution in [3.05, 3.63) is 112 Å². The van der Waals surface area contributed by atoms with Crippen LogP contribution in [-0.2, 0) is 13.2 Å². The Hall–Kier alpha value is -3.84. The summed E-state index contributed by atoms with van der Waals surface area (Å²) < 4.78 is 12.7. The van der Waals surface area contributed by atoms with Gasteiger partial charge in [-0.05, 0) is 35.4 Å². The number of amides is 1. The lowest BCUT2D eigenvalue weighted by Crippen LogP contribution is -2.16. The molecule has 7 heteroatoms. The van der Waals surface area contributed by atoms with E-state index in [1.807, 2.05) is 78.9 Å². The van der Waals surface area contributed by atoms with E-state index >= 15 is 0 Å². The summed E-state index contributed by atoms with van der Waals surface area (Å²) in [5.74, 6) is 0.252. The number of nitrogens with zero attached hydrogens (tertiary/aromatic N) is 1. The summed E-state index contributed by atoms with van der Waals surface area (Å²) in [6.45, 7) is 0.637. The Morgan fingerprint density at radius 2 is 1.47 bits per heavy atom. The maximum atomic E-state index is 13.2. The molecular weight excluding hydrogens is 494 g/mol. The molecule has 0 radical (unpaired) electrons. The summed E-state index contributed by atoms with van der Waals surface area (Å²) in [5, 5.41) is 6.02. The quantitative estimate of drug-likeness (QED) is 0.272. The highest BCUT2D eigenvalue weighted by atomic mass is 79.9. The van der Waals surface area contributed by atoms with Gasteiger partial charge in [0.25, 0.3) is 5.91 Å². The van der Waals surface area contributed by atoms with Gasteiger partial charge in [-0.1, -0.05) is 76.6 Å². The Morgan fingerprint density at radius 3 is 2.12 bits per heavy atom. The SMILES string of the molecule is CNc1cc(Br)ccc1NC(=O)c1ccc(OCc2ccccc2)nc1OCc1ccccc1. The number of anilines is 2. The van der Waals surface area contributed by atoms with Gasteiger partial charge >= 0.3 is 0 Å². The van der Waals surface area contributed by atoms with Crippen LogP contribution in [0.15, 0.2) is 95.5 Å². The third-order valence-electron chi connectivity index (χ3n) is 5.03. The third-order valence-corrected chi connectivity index (χ3v) is 5.52. The minimum atomic E-state index is -0.330. The Labute approximate surface area is 207 Å². The topological polar surface area (TPSA) is 72.5 Å². The maximum Gasteiger partial charge on any atom is 0.261 e. The van der Waals surface area contributed by atoms with Crippen LogP contribution in [0.1, 0.15) is 21.5 Å². The molecule has 0 aliphatic carbocycles. The normalized spacial score (nSPS) is 10.4.